The molecule has 112 valence electrons. The molecule has 0 aromatic carbocycles. The SMILES string of the molecule is Nc1ncc(-c2cc3ccn(CCO)c(=O)c3c(N)n2)cn1. The number of aliphatic hydroxyl groups excluding tert-OH is 1. The lowest BCUT2D eigenvalue weighted by Gasteiger charge is -2.09. The Morgan fingerprint density at radius 1 is 1.23 bits per heavy atom. The minimum Gasteiger partial charge on any atom is -0.395 e. The van der Waals surface area contributed by atoms with Crippen LogP contribution in [0.25, 0.3) is 22.0 Å². The van der Waals surface area contributed by atoms with Crippen molar-refractivity contribution >= 4 is 22.5 Å². The molecule has 3 aromatic rings. The molecule has 5 N–H and O–H groups in total. The molecule has 8 nitrogen and oxygen atoms in total. The van der Waals surface area contributed by atoms with Crippen molar-refractivity contribution < 1.29 is 5.11 Å². The predicted molar refractivity (Wildman–Crippen MR) is 82.9 cm³/mol. The Morgan fingerprint density at radius 2 is 1.95 bits per heavy atom. The van der Waals surface area contributed by atoms with Gasteiger partial charge in [0, 0.05) is 30.7 Å². The van der Waals surface area contributed by atoms with E-state index in [-0.39, 0.29) is 30.5 Å². The van der Waals surface area contributed by atoms with Crippen molar-refractivity contribution in [1.82, 2.24) is 19.5 Å². The Balaban J connectivity index is 2.19. The number of fused-ring (bicyclic) bond motifs is 1. The highest BCUT2D eigenvalue weighted by atomic mass is 16.3. The zero-order valence-corrected chi connectivity index (χ0v) is 11.6. The molecule has 0 saturated carbocycles. The van der Waals surface area contributed by atoms with Crippen molar-refractivity contribution in [1.29, 1.82) is 0 Å². The van der Waals surface area contributed by atoms with Crippen molar-refractivity contribution in [2.75, 3.05) is 18.1 Å². The molecule has 0 aliphatic rings. The summed E-state index contributed by atoms with van der Waals surface area (Å²) in [5.74, 6) is 0.297. The summed E-state index contributed by atoms with van der Waals surface area (Å²) in [6, 6.07) is 3.50. The second-order valence-electron chi connectivity index (χ2n) is 4.72. The summed E-state index contributed by atoms with van der Waals surface area (Å²) < 4.78 is 1.40. The van der Waals surface area contributed by atoms with Gasteiger partial charge in [0.2, 0.25) is 5.95 Å². The fourth-order valence-corrected chi connectivity index (χ4v) is 2.23. The molecule has 0 amide bonds. The Kier molecular flexibility index (Phi) is 3.43. The third-order valence-electron chi connectivity index (χ3n) is 3.30. The second kappa shape index (κ2) is 5.41. The topological polar surface area (TPSA) is 133 Å². The maximum absolute atomic E-state index is 12.3. The highest BCUT2D eigenvalue weighted by molar-refractivity contribution is 5.92. The Morgan fingerprint density at radius 3 is 2.64 bits per heavy atom. The molecule has 0 saturated heterocycles. The lowest BCUT2D eigenvalue weighted by Crippen LogP contribution is -2.22. The number of anilines is 2. The van der Waals surface area contributed by atoms with Crippen LogP contribution in [-0.4, -0.2) is 31.2 Å². The highest BCUT2D eigenvalue weighted by Gasteiger charge is 2.11. The van der Waals surface area contributed by atoms with Crippen LogP contribution >= 0.6 is 0 Å². The van der Waals surface area contributed by atoms with Crippen molar-refractivity contribution in [2.24, 2.45) is 0 Å². The van der Waals surface area contributed by atoms with Crippen LogP contribution in [0.15, 0.2) is 35.5 Å². The second-order valence-corrected chi connectivity index (χ2v) is 4.72. The number of aliphatic hydroxyl groups is 1. The maximum Gasteiger partial charge on any atom is 0.262 e. The third kappa shape index (κ3) is 2.35. The minimum atomic E-state index is -0.281. The van der Waals surface area contributed by atoms with Crippen LogP contribution < -0.4 is 17.0 Å². The average molecular weight is 298 g/mol. The average Bonchev–Trinajstić information content (AvgIpc) is 2.50. The van der Waals surface area contributed by atoms with Gasteiger partial charge in [-0.05, 0) is 17.5 Å². The molecular formula is C14H14N6O2. The van der Waals surface area contributed by atoms with Gasteiger partial charge in [-0.3, -0.25) is 4.79 Å². The van der Waals surface area contributed by atoms with E-state index in [1.165, 1.54) is 4.57 Å². The summed E-state index contributed by atoms with van der Waals surface area (Å²) in [4.78, 5) is 24.4. The van der Waals surface area contributed by atoms with Crippen molar-refractivity contribution in [3.8, 4) is 11.3 Å². The first kappa shape index (κ1) is 14.0. The van der Waals surface area contributed by atoms with Gasteiger partial charge in [-0.25, -0.2) is 15.0 Å². The quantitative estimate of drug-likeness (QED) is 0.620. The number of nitrogens with zero attached hydrogens (tertiary/aromatic N) is 4. The minimum absolute atomic E-state index is 0.125. The Bertz CT molecular complexity index is 888. The first-order valence-electron chi connectivity index (χ1n) is 6.58. The first-order chi connectivity index (χ1) is 10.6. The van der Waals surface area contributed by atoms with Crippen molar-refractivity contribution in [2.45, 2.75) is 6.54 Å². The number of pyridine rings is 2. The molecular weight excluding hydrogens is 284 g/mol. The van der Waals surface area contributed by atoms with Crippen molar-refractivity contribution in [3.05, 3.63) is 41.1 Å². The molecule has 22 heavy (non-hydrogen) atoms. The van der Waals surface area contributed by atoms with E-state index in [1.807, 2.05) is 0 Å². The van der Waals surface area contributed by atoms with E-state index < -0.39 is 0 Å². The molecule has 0 bridgehead atoms. The summed E-state index contributed by atoms with van der Waals surface area (Å²) in [7, 11) is 0. The van der Waals surface area contributed by atoms with Crippen LogP contribution in [0.3, 0.4) is 0 Å². The number of rotatable bonds is 3. The van der Waals surface area contributed by atoms with Gasteiger partial charge >= 0.3 is 0 Å². The third-order valence-corrected chi connectivity index (χ3v) is 3.30. The van der Waals surface area contributed by atoms with Gasteiger partial charge in [0.15, 0.2) is 0 Å². The summed E-state index contributed by atoms with van der Waals surface area (Å²) in [6.07, 6.45) is 4.70. The molecule has 0 unspecified atom stereocenters. The number of hydrogen-bond donors (Lipinski definition) is 3. The zero-order chi connectivity index (χ0) is 15.7. The Hall–Kier alpha value is -3.00. The molecule has 0 atom stereocenters. The predicted octanol–water partition coefficient (Wildman–Crippen LogP) is 0.0102. The largest absolute Gasteiger partial charge is 0.395 e. The van der Waals surface area contributed by atoms with Gasteiger partial charge in [-0.1, -0.05) is 0 Å². The molecule has 0 spiro atoms. The number of nitrogen functional groups attached to an aromatic ring is 2. The van der Waals surface area contributed by atoms with Crippen LogP contribution in [0.5, 0.6) is 0 Å². The summed E-state index contributed by atoms with van der Waals surface area (Å²) >= 11 is 0. The zero-order valence-electron chi connectivity index (χ0n) is 11.6. The molecule has 0 radical (unpaired) electrons. The van der Waals surface area contributed by atoms with Crippen LogP contribution in [0, 0.1) is 0 Å². The Labute approximate surface area is 125 Å². The smallest absolute Gasteiger partial charge is 0.262 e. The lowest BCUT2D eigenvalue weighted by molar-refractivity contribution is 0.274. The van der Waals surface area contributed by atoms with E-state index in [2.05, 4.69) is 15.0 Å². The van der Waals surface area contributed by atoms with Crippen LogP contribution in [0.1, 0.15) is 0 Å². The van der Waals surface area contributed by atoms with Gasteiger partial charge in [-0.2, -0.15) is 0 Å². The van der Waals surface area contributed by atoms with Crippen LogP contribution in [-0.2, 0) is 6.54 Å². The van der Waals surface area contributed by atoms with E-state index in [4.69, 9.17) is 16.6 Å². The summed E-state index contributed by atoms with van der Waals surface area (Å²) in [5, 5.41) is 9.96. The van der Waals surface area contributed by atoms with E-state index in [1.54, 1.807) is 30.7 Å². The fourth-order valence-electron chi connectivity index (χ4n) is 2.23. The number of aromatic nitrogens is 4. The molecule has 0 fully saturated rings. The monoisotopic (exact) mass is 298 g/mol. The van der Waals surface area contributed by atoms with E-state index >= 15 is 0 Å². The lowest BCUT2D eigenvalue weighted by atomic mass is 10.1. The van der Waals surface area contributed by atoms with E-state index in [0.717, 1.165) is 0 Å². The summed E-state index contributed by atoms with van der Waals surface area (Å²) in [5.41, 5.74) is 12.3. The number of nitrogens with two attached hydrogens (primary N) is 2. The molecule has 8 heteroatoms. The molecule has 3 aromatic heterocycles. The van der Waals surface area contributed by atoms with Crippen LogP contribution in [0.4, 0.5) is 11.8 Å². The van der Waals surface area contributed by atoms with Crippen molar-refractivity contribution in [3.63, 3.8) is 0 Å². The number of hydrogen-bond acceptors (Lipinski definition) is 7. The molecule has 3 heterocycles. The molecule has 0 aliphatic carbocycles. The van der Waals surface area contributed by atoms with Gasteiger partial charge in [0.05, 0.1) is 17.7 Å². The fraction of sp³-hybridized carbons (Fsp3) is 0.143. The van der Waals surface area contributed by atoms with E-state index in [0.29, 0.717) is 22.0 Å². The van der Waals surface area contributed by atoms with Gasteiger partial charge in [0.1, 0.15) is 5.82 Å². The van der Waals surface area contributed by atoms with Gasteiger partial charge in [0.25, 0.3) is 5.56 Å². The van der Waals surface area contributed by atoms with Gasteiger partial charge in [-0.15, -0.1) is 0 Å². The molecule has 3 rings (SSSR count). The molecule has 0 aliphatic heterocycles. The first-order valence-corrected chi connectivity index (χ1v) is 6.58. The summed E-state index contributed by atoms with van der Waals surface area (Å²) in [6.45, 7) is 0.0847. The van der Waals surface area contributed by atoms with Gasteiger partial charge < -0.3 is 21.1 Å². The standard InChI is InChI=1S/C14H14N6O2/c15-12-11-8(1-2-20(3-4-21)13(11)22)5-10(19-12)9-6-17-14(16)18-7-9/h1-2,5-7,21H,3-4H2,(H2,15,19)(H2,16,17,18). The normalized spacial score (nSPS) is 11.0. The highest BCUT2D eigenvalue weighted by Crippen LogP contribution is 2.23. The van der Waals surface area contributed by atoms with Crippen LogP contribution in [0.2, 0.25) is 0 Å². The van der Waals surface area contributed by atoms with E-state index in [9.17, 15) is 4.79 Å². The maximum atomic E-state index is 12.3.